The standard InChI is InChI=1S/C27H32ClFN2O3S/c1-34-20-5-8-25-23(16-20)22(10-12-30-25)24(29)7-4-18-11-14-31(17-19(18)15-27(32)33)13-2-3-21-6-9-26(28)35-21/h5-6,8-10,12,16,18-19,24H,2-4,7,11,13-15,17H2,1H3,(H,32,33)/t18-,19+,24?/m1/s1. The molecule has 2 aromatic heterocycles. The van der Waals surface area contributed by atoms with Gasteiger partial charge in [-0.05, 0) is 99.0 Å². The fourth-order valence-electron chi connectivity index (χ4n) is 5.22. The number of methoxy groups -OCH3 is 1. The van der Waals surface area contributed by atoms with Crippen LogP contribution in [0.1, 0.15) is 48.7 Å². The summed E-state index contributed by atoms with van der Waals surface area (Å²) >= 11 is 7.64. The van der Waals surface area contributed by atoms with Crippen molar-refractivity contribution in [3.63, 3.8) is 0 Å². The Labute approximate surface area is 214 Å². The number of carboxylic acids is 1. The lowest BCUT2D eigenvalue weighted by Crippen LogP contribution is -2.42. The molecule has 1 aromatic carbocycles. The third-order valence-electron chi connectivity index (χ3n) is 7.05. The number of benzene rings is 1. The van der Waals surface area contributed by atoms with E-state index in [4.69, 9.17) is 16.3 Å². The number of likely N-dealkylation sites (tertiary alicyclic amines) is 1. The van der Waals surface area contributed by atoms with Crippen molar-refractivity contribution in [2.75, 3.05) is 26.7 Å². The number of hydrogen-bond acceptors (Lipinski definition) is 5. The zero-order valence-corrected chi connectivity index (χ0v) is 21.5. The number of carbonyl (C=O) groups is 1. The minimum Gasteiger partial charge on any atom is -0.497 e. The number of carboxylic acid groups (broad SMARTS) is 1. The number of aryl methyl sites for hydroxylation is 1. The first-order chi connectivity index (χ1) is 16.9. The van der Waals surface area contributed by atoms with Crippen LogP contribution in [0.5, 0.6) is 5.75 Å². The van der Waals surface area contributed by atoms with Crippen LogP contribution in [-0.2, 0) is 11.2 Å². The maximum absolute atomic E-state index is 15.4. The van der Waals surface area contributed by atoms with E-state index in [1.54, 1.807) is 30.7 Å². The van der Waals surface area contributed by atoms with Gasteiger partial charge in [0.05, 0.1) is 17.0 Å². The van der Waals surface area contributed by atoms with E-state index in [1.165, 1.54) is 4.88 Å². The molecule has 1 unspecified atom stereocenters. The monoisotopic (exact) mass is 518 g/mol. The van der Waals surface area contributed by atoms with Crippen LogP contribution in [0.2, 0.25) is 4.34 Å². The third kappa shape index (κ3) is 6.93. The second-order valence-electron chi connectivity index (χ2n) is 9.34. The molecule has 0 aliphatic carbocycles. The van der Waals surface area contributed by atoms with Gasteiger partial charge in [0.25, 0.3) is 0 Å². The SMILES string of the molecule is COc1ccc2nccc(C(F)CC[C@@H]3CCN(CCCc4ccc(Cl)s4)C[C@@H]3CC(=O)O)c2c1. The number of hydrogen-bond donors (Lipinski definition) is 1. The van der Waals surface area contributed by atoms with Gasteiger partial charge in [-0.3, -0.25) is 9.78 Å². The molecule has 0 radical (unpaired) electrons. The van der Waals surface area contributed by atoms with Crippen molar-refractivity contribution in [1.82, 2.24) is 9.88 Å². The first-order valence-corrected chi connectivity index (χ1v) is 13.4. The molecule has 3 aromatic rings. The molecule has 1 aliphatic rings. The first-order valence-electron chi connectivity index (χ1n) is 12.2. The molecule has 1 N–H and O–H groups in total. The normalized spacial score (nSPS) is 19.6. The molecule has 1 aliphatic heterocycles. The molecule has 0 amide bonds. The smallest absolute Gasteiger partial charge is 0.303 e. The van der Waals surface area contributed by atoms with E-state index in [9.17, 15) is 9.90 Å². The highest BCUT2D eigenvalue weighted by molar-refractivity contribution is 7.16. The molecule has 0 bridgehead atoms. The van der Waals surface area contributed by atoms with Crippen molar-refractivity contribution in [3.05, 3.63) is 57.4 Å². The summed E-state index contributed by atoms with van der Waals surface area (Å²) < 4.78 is 21.6. The molecule has 3 atom stereocenters. The Morgan fingerprint density at radius 2 is 2.17 bits per heavy atom. The lowest BCUT2D eigenvalue weighted by molar-refractivity contribution is -0.139. The summed E-state index contributed by atoms with van der Waals surface area (Å²) in [5.41, 5.74) is 1.36. The highest BCUT2D eigenvalue weighted by Gasteiger charge is 2.31. The Hall–Kier alpha value is -2.22. The number of piperidine rings is 1. The number of nitrogens with zero attached hydrogens (tertiary/aromatic N) is 2. The fraction of sp³-hybridized carbons (Fsp3) is 0.481. The molecule has 35 heavy (non-hydrogen) atoms. The van der Waals surface area contributed by atoms with E-state index >= 15 is 4.39 Å². The number of pyridine rings is 1. The zero-order valence-electron chi connectivity index (χ0n) is 20.0. The molecule has 5 nitrogen and oxygen atoms in total. The summed E-state index contributed by atoms with van der Waals surface area (Å²) in [6.45, 7) is 2.63. The highest BCUT2D eigenvalue weighted by atomic mass is 35.5. The average molecular weight is 519 g/mol. The second kappa shape index (κ2) is 12.2. The van der Waals surface area contributed by atoms with E-state index in [0.717, 1.165) is 54.1 Å². The Balaban J connectivity index is 1.35. The number of alkyl halides is 1. The quantitative estimate of drug-likeness (QED) is 0.302. The predicted molar refractivity (Wildman–Crippen MR) is 139 cm³/mol. The van der Waals surface area contributed by atoms with Crippen molar-refractivity contribution in [2.24, 2.45) is 11.8 Å². The lowest BCUT2D eigenvalue weighted by atomic mass is 9.79. The lowest BCUT2D eigenvalue weighted by Gasteiger charge is -2.38. The molecule has 1 fully saturated rings. The molecule has 0 saturated carbocycles. The van der Waals surface area contributed by atoms with Gasteiger partial charge >= 0.3 is 5.97 Å². The molecule has 188 valence electrons. The maximum atomic E-state index is 15.4. The summed E-state index contributed by atoms with van der Waals surface area (Å²) in [5.74, 6) is 0.146. The van der Waals surface area contributed by atoms with Crippen LogP contribution in [0.4, 0.5) is 4.39 Å². The summed E-state index contributed by atoms with van der Waals surface area (Å²) in [4.78, 5) is 19.6. The van der Waals surface area contributed by atoms with Crippen LogP contribution in [0.25, 0.3) is 10.9 Å². The summed E-state index contributed by atoms with van der Waals surface area (Å²) in [7, 11) is 1.59. The van der Waals surface area contributed by atoms with Gasteiger partial charge < -0.3 is 14.7 Å². The van der Waals surface area contributed by atoms with Crippen LogP contribution < -0.4 is 4.74 Å². The minimum absolute atomic E-state index is 0.0407. The fourth-order valence-corrected chi connectivity index (χ4v) is 6.35. The Bertz CT molecular complexity index is 1140. The van der Waals surface area contributed by atoms with Crippen LogP contribution in [0, 0.1) is 11.8 Å². The summed E-state index contributed by atoms with van der Waals surface area (Å²) in [5, 5.41) is 10.3. The van der Waals surface area contributed by atoms with Gasteiger partial charge in [0.15, 0.2) is 0 Å². The molecular weight excluding hydrogens is 487 g/mol. The number of ether oxygens (including phenoxy) is 1. The van der Waals surface area contributed by atoms with Gasteiger partial charge in [-0.1, -0.05) is 11.6 Å². The Kier molecular flexibility index (Phi) is 8.98. The van der Waals surface area contributed by atoms with E-state index in [0.29, 0.717) is 24.2 Å². The van der Waals surface area contributed by atoms with Gasteiger partial charge in [0.2, 0.25) is 0 Å². The molecular formula is C27H32ClFN2O3S. The van der Waals surface area contributed by atoms with Gasteiger partial charge in [-0.15, -0.1) is 11.3 Å². The largest absolute Gasteiger partial charge is 0.497 e. The molecule has 0 spiro atoms. The van der Waals surface area contributed by atoms with Gasteiger partial charge in [0.1, 0.15) is 11.9 Å². The predicted octanol–water partition coefficient (Wildman–Crippen LogP) is 6.79. The topological polar surface area (TPSA) is 62.7 Å². The van der Waals surface area contributed by atoms with E-state index in [-0.39, 0.29) is 18.3 Å². The third-order valence-corrected chi connectivity index (χ3v) is 8.34. The number of rotatable bonds is 11. The Morgan fingerprint density at radius 1 is 1.31 bits per heavy atom. The number of halogens is 2. The number of thiophene rings is 1. The first kappa shape index (κ1) is 25.9. The van der Waals surface area contributed by atoms with Crippen molar-refractivity contribution in [3.8, 4) is 5.75 Å². The molecule has 3 heterocycles. The van der Waals surface area contributed by atoms with E-state index in [1.807, 2.05) is 24.3 Å². The summed E-state index contributed by atoms with van der Waals surface area (Å²) in [6.07, 6.45) is 4.60. The van der Waals surface area contributed by atoms with Crippen LogP contribution in [-0.4, -0.2) is 47.7 Å². The highest BCUT2D eigenvalue weighted by Crippen LogP contribution is 2.36. The van der Waals surface area contributed by atoms with Crippen molar-refractivity contribution in [1.29, 1.82) is 0 Å². The van der Waals surface area contributed by atoms with Gasteiger partial charge in [0, 0.05) is 29.4 Å². The molecule has 8 heteroatoms. The van der Waals surface area contributed by atoms with E-state index < -0.39 is 12.1 Å². The van der Waals surface area contributed by atoms with E-state index in [2.05, 4.69) is 16.0 Å². The maximum Gasteiger partial charge on any atom is 0.303 e. The molecule has 1 saturated heterocycles. The van der Waals surface area contributed by atoms with Gasteiger partial charge in [-0.25, -0.2) is 4.39 Å². The minimum atomic E-state index is -1.13. The van der Waals surface area contributed by atoms with Crippen molar-refractivity contribution in [2.45, 2.75) is 44.7 Å². The number of aliphatic carboxylic acids is 1. The summed E-state index contributed by atoms with van der Waals surface area (Å²) in [6, 6.07) is 11.2. The van der Waals surface area contributed by atoms with Crippen molar-refractivity contribution < 1.29 is 19.0 Å². The zero-order chi connectivity index (χ0) is 24.8. The van der Waals surface area contributed by atoms with Crippen LogP contribution in [0.3, 0.4) is 0 Å². The second-order valence-corrected chi connectivity index (χ2v) is 11.1. The average Bonchev–Trinajstić information content (AvgIpc) is 3.27. The number of fused-ring (bicyclic) bond motifs is 1. The molecule has 4 rings (SSSR count). The Morgan fingerprint density at radius 3 is 2.91 bits per heavy atom. The van der Waals surface area contributed by atoms with Gasteiger partial charge in [-0.2, -0.15) is 0 Å². The van der Waals surface area contributed by atoms with Crippen molar-refractivity contribution >= 4 is 39.8 Å². The van der Waals surface area contributed by atoms with Crippen LogP contribution in [0.15, 0.2) is 42.6 Å². The number of aromatic nitrogens is 1. The van der Waals surface area contributed by atoms with Crippen LogP contribution >= 0.6 is 22.9 Å².